The summed E-state index contributed by atoms with van der Waals surface area (Å²) < 4.78 is 10.4. The number of aryl methyl sites for hydroxylation is 1. The Bertz CT molecular complexity index is 761. The molecule has 0 unspecified atom stereocenters. The van der Waals surface area contributed by atoms with E-state index in [1.165, 1.54) is 6.07 Å². The summed E-state index contributed by atoms with van der Waals surface area (Å²) in [6.07, 6.45) is 2.80. The van der Waals surface area contributed by atoms with E-state index in [-0.39, 0.29) is 23.8 Å². The van der Waals surface area contributed by atoms with Gasteiger partial charge in [-0.15, -0.1) is 0 Å². The van der Waals surface area contributed by atoms with Crippen LogP contribution in [0.15, 0.2) is 21.3 Å². The van der Waals surface area contributed by atoms with Crippen molar-refractivity contribution in [2.24, 2.45) is 0 Å². The van der Waals surface area contributed by atoms with Crippen molar-refractivity contribution in [1.29, 1.82) is 0 Å². The fourth-order valence-electron chi connectivity index (χ4n) is 2.56. The number of halogens is 1. The van der Waals surface area contributed by atoms with E-state index in [2.05, 4.69) is 0 Å². The van der Waals surface area contributed by atoms with Crippen LogP contribution in [-0.2, 0) is 17.6 Å². The Kier molecular flexibility index (Phi) is 3.26. The number of ether oxygens (including phenoxy) is 1. The van der Waals surface area contributed by atoms with Gasteiger partial charge in [-0.25, -0.2) is 4.79 Å². The molecule has 0 fully saturated rings. The van der Waals surface area contributed by atoms with E-state index in [4.69, 9.17) is 20.8 Å². The molecule has 4 nitrogen and oxygen atoms in total. The van der Waals surface area contributed by atoms with Crippen LogP contribution in [0.5, 0.6) is 5.75 Å². The van der Waals surface area contributed by atoms with Gasteiger partial charge in [0.15, 0.2) is 5.75 Å². The van der Waals surface area contributed by atoms with Crippen molar-refractivity contribution in [3.8, 4) is 5.75 Å². The molecule has 0 saturated carbocycles. The minimum atomic E-state index is -0.380. The average Bonchev–Trinajstić information content (AvgIpc) is 2.91. The van der Waals surface area contributed by atoms with Crippen LogP contribution in [0.2, 0.25) is 5.02 Å². The van der Waals surface area contributed by atoms with Crippen LogP contribution in [0.1, 0.15) is 30.9 Å². The molecule has 0 bridgehead atoms. The monoisotopic (exact) mass is 292 g/mol. The number of hydrogen-bond acceptors (Lipinski definition) is 4. The minimum Gasteiger partial charge on any atom is -0.425 e. The van der Waals surface area contributed by atoms with Gasteiger partial charge in [0.05, 0.1) is 5.02 Å². The lowest BCUT2D eigenvalue weighted by atomic mass is 10.1. The molecule has 0 amide bonds. The van der Waals surface area contributed by atoms with Crippen molar-refractivity contribution in [3.63, 3.8) is 0 Å². The zero-order chi connectivity index (χ0) is 14.3. The van der Waals surface area contributed by atoms with Crippen LogP contribution in [0, 0.1) is 0 Å². The molecular formula is C15H13ClO4. The third-order valence-corrected chi connectivity index (χ3v) is 3.83. The zero-order valence-electron chi connectivity index (χ0n) is 11.0. The van der Waals surface area contributed by atoms with Gasteiger partial charge in [0.1, 0.15) is 5.58 Å². The maximum atomic E-state index is 11.9. The maximum absolute atomic E-state index is 11.9. The summed E-state index contributed by atoms with van der Waals surface area (Å²) in [4.78, 5) is 23.2. The van der Waals surface area contributed by atoms with Crippen molar-refractivity contribution in [2.45, 2.75) is 32.6 Å². The molecule has 1 aromatic heterocycles. The maximum Gasteiger partial charge on any atom is 0.339 e. The normalized spacial score (nSPS) is 13.5. The van der Waals surface area contributed by atoms with E-state index in [1.807, 2.05) is 0 Å². The highest BCUT2D eigenvalue weighted by Crippen LogP contribution is 2.34. The highest BCUT2D eigenvalue weighted by molar-refractivity contribution is 6.33. The van der Waals surface area contributed by atoms with Gasteiger partial charge >= 0.3 is 11.6 Å². The molecule has 0 N–H and O–H groups in total. The number of carbonyl (C=O) groups excluding carboxylic acids is 1. The third-order valence-electron chi connectivity index (χ3n) is 3.54. The summed E-state index contributed by atoms with van der Waals surface area (Å²) in [5.41, 5.74) is 1.86. The van der Waals surface area contributed by atoms with Crippen LogP contribution in [-0.4, -0.2) is 5.97 Å². The van der Waals surface area contributed by atoms with Crippen LogP contribution < -0.4 is 10.4 Å². The van der Waals surface area contributed by atoms with Crippen LogP contribution in [0.4, 0.5) is 0 Å². The molecule has 20 heavy (non-hydrogen) atoms. The second-order valence-electron chi connectivity index (χ2n) is 4.81. The van der Waals surface area contributed by atoms with E-state index in [9.17, 15) is 9.59 Å². The van der Waals surface area contributed by atoms with E-state index in [0.29, 0.717) is 10.6 Å². The van der Waals surface area contributed by atoms with Crippen LogP contribution in [0.3, 0.4) is 0 Å². The Labute approximate surface area is 120 Å². The van der Waals surface area contributed by atoms with Gasteiger partial charge in [0, 0.05) is 23.4 Å². The molecule has 0 aliphatic heterocycles. The largest absolute Gasteiger partial charge is 0.425 e. The molecule has 1 aromatic carbocycles. The highest BCUT2D eigenvalue weighted by Gasteiger charge is 2.21. The lowest BCUT2D eigenvalue weighted by molar-refractivity contribution is -0.134. The Hall–Kier alpha value is -1.81. The fourth-order valence-corrected chi connectivity index (χ4v) is 2.76. The third kappa shape index (κ3) is 2.10. The standard InChI is InChI=1S/C15H13ClO4/c1-2-14(17)19-13-7-12-10(6-11(13)16)8-4-3-5-9(8)15(18)20-12/h6-7H,2-5H2,1H3. The first-order valence-corrected chi connectivity index (χ1v) is 6.96. The van der Waals surface area contributed by atoms with E-state index in [0.717, 1.165) is 35.8 Å². The Morgan fingerprint density at radius 2 is 2.10 bits per heavy atom. The summed E-state index contributed by atoms with van der Waals surface area (Å²) in [7, 11) is 0. The SMILES string of the molecule is CCC(=O)Oc1cc2oc(=O)c3c(c2cc1Cl)CCC3. The molecule has 0 saturated heterocycles. The predicted molar refractivity (Wildman–Crippen MR) is 75.4 cm³/mol. The first kappa shape index (κ1) is 13.2. The second-order valence-corrected chi connectivity index (χ2v) is 5.21. The van der Waals surface area contributed by atoms with Crippen molar-refractivity contribution < 1.29 is 13.9 Å². The molecule has 3 rings (SSSR count). The fraction of sp³-hybridized carbons (Fsp3) is 0.333. The van der Waals surface area contributed by atoms with Gasteiger partial charge < -0.3 is 9.15 Å². The number of carbonyl (C=O) groups is 1. The summed E-state index contributed by atoms with van der Waals surface area (Å²) in [6, 6.07) is 3.23. The molecule has 1 aliphatic rings. The van der Waals surface area contributed by atoms with Gasteiger partial charge in [-0.2, -0.15) is 0 Å². The lowest BCUT2D eigenvalue weighted by Crippen LogP contribution is -2.08. The Morgan fingerprint density at radius 3 is 2.85 bits per heavy atom. The van der Waals surface area contributed by atoms with Gasteiger partial charge in [0.25, 0.3) is 0 Å². The van der Waals surface area contributed by atoms with Crippen molar-refractivity contribution in [3.05, 3.63) is 38.7 Å². The van der Waals surface area contributed by atoms with Gasteiger partial charge in [-0.3, -0.25) is 4.79 Å². The number of rotatable bonds is 2. The highest BCUT2D eigenvalue weighted by atomic mass is 35.5. The minimum absolute atomic E-state index is 0.229. The zero-order valence-corrected chi connectivity index (χ0v) is 11.8. The molecule has 1 heterocycles. The average molecular weight is 293 g/mol. The first-order chi connectivity index (χ1) is 9.60. The molecule has 0 spiro atoms. The van der Waals surface area contributed by atoms with Crippen molar-refractivity contribution in [2.75, 3.05) is 0 Å². The summed E-state index contributed by atoms with van der Waals surface area (Å²) in [5.74, 6) is -0.151. The molecule has 2 aromatic rings. The molecule has 1 aliphatic carbocycles. The summed E-state index contributed by atoms with van der Waals surface area (Å²) in [5, 5.41) is 1.18. The van der Waals surface area contributed by atoms with Gasteiger partial charge in [0.2, 0.25) is 0 Å². The number of hydrogen-bond donors (Lipinski definition) is 0. The number of fused-ring (bicyclic) bond motifs is 3. The molecule has 104 valence electrons. The summed E-state index contributed by atoms with van der Waals surface area (Å²) in [6.45, 7) is 1.70. The van der Waals surface area contributed by atoms with Crippen molar-refractivity contribution >= 4 is 28.5 Å². The van der Waals surface area contributed by atoms with E-state index in [1.54, 1.807) is 13.0 Å². The number of esters is 1. The molecule has 5 heteroatoms. The Morgan fingerprint density at radius 1 is 1.35 bits per heavy atom. The summed E-state index contributed by atoms with van der Waals surface area (Å²) >= 11 is 6.15. The molecular weight excluding hydrogens is 280 g/mol. The smallest absolute Gasteiger partial charge is 0.339 e. The van der Waals surface area contributed by atoms with E-state index < -0.39 is 0 Å². The Balaban J connectivity index is 2.19. The van der Waals surface area contributed by atoms with Gasteiger partial charge in [-0.1, -0.05) is 18.5 Å². The molecule has 0 radical (unpaired) electrons. The lowest BCUT2D eigenvalue weighted by Gasteiger charge is -2.08. The van der Waals surface area contributed by atoms with Crippen LogP contribution in [0.25, 0.3) is 11.0 Å². The van der Waals surface area contributed by atoms with E-state index >= 15 is 0 Å². The molecule has 0 atom stereocenters. The van der Waals surface area contributed by atoms with Crippen molar-refractivity contribution in [1.82, 2.24) is 0 Å². The van der Waals surface area contributed by atoms with Crippen LogP contribution >= 0.6 is 11.6 Å². The number of benzene rings is 1. The quantitative estimate of drug-likeness (QED) is 0.484. The second kappa shape index (κ2) is 4.94. The topological polar surface area (TPSA) is 56.5 Å². The first-order valence-electron chi connectivity index (χ1n) is 6.59. The van der Waals surface area contributed by atoms with Gasteiger partial charge in [-0.05, 0) is 30.9 Å². The predicted octanol–water partition coefficient (Wildman–Crippen LogP) is 3.25.